The Morgan fingerprint density at radius 2 is 1.88 bits per heavy atom. The fraction of sp³-hybridized carbons (Fsp3) is 0.579. The third-order valence-electron chi connectivity index (χ3n) is 4.91. The number of phenols is 1. The number of amides is 1. The van der Waals surface area contributed by atoms with E-state index in [1.165, 1.54) is 12.1 Å². The first kappa shape index (κ1) is 19.2. The third kappa shape index (κ3) is 5.46. The quantitative estimate of drug-likeness (QED) is 0.657. The summed E-state index contributed by atoms with van der Waals surface area (Å²) in [6, 6.07) is 5.48. The van der Waals surface area contributed by atoms with Crippen molar-refractivity contribution in [2.75, 3.05) is 13.2 Å². The Morgan fingerprint density at radius 3 is 2.48 bits per heavy atom. The van der Waals surface area contributed by atoms with E-state index in [2.05, 4.69) is 5.32 Å². The number of aromatic hydroxyl groups is 1. The van der Waals surface area contributed by atoms with E-state index in [-0.39, 0.29) is 23.0 Å². The summed E-state index contributed by atoms with van der Waals surface area (Å²) in [6.07, 6.45) is 5.40. The molecule has 0 aliphatic heterocycles. The molecule has 0 aromatic heterocycles. The molecule has 1 saturated carbocycles. The number of hydrogen-bond donors (Lipinski definition) is 3. The van der Waals surface area contributed by atoms with E-state index in [1.54, 1.807) is 19.1 Å². The summed E-state index contributed by atoms with van der Waals surface area (Å²) < 4.78 is 5.10. The summed E-state index contributed by atoms with van der Waals surface area (Å²) in [5.41, 5.74) is 6.41. The summed E-state index contributed by atoms with van der Waals surface area (Å²) in [4.78, 5) is 24.4. The summed E-state index contributed by atoms with van der Waals surface area (Å²) in [5, 5.41) is 12.2. The maximum absolute atomic E-state index is 12.4. The number of hydrogen-bond acceptors (Lipinski definition) is 5. The molecule has 0 saturated heterocycles. The molecular formula is C19H28N2O4. The van der Waals surface area contributed by atoms with Crippen molar-refractivity contribution in [1.82, 2.24) is 5.32 Å². The first-order valence-electron chi connectivity index (χ1n) is 8.94. The molecule has 1 aromatic carbocycles. The van der Waals surface area contributed by atoms with Crippen LogP contribution >= 0.6 is 0 Å². The van der Waals surface area contributed by atoms with Crippen molar-refractivity contribution in [3.8, 4) is 5.75 Å². The molecule has 6 nitrogen and oxygen atoms in total. The highest BCUT2D eigenvalue weighted by Crippen LogP contribution is 2.39. The van der Waals surface area contributed by atoms with E-state index in [1.807, 2.05) is 0 Å². The number of ether oxygens (including phenoxy) is 1. The van der Waals surface area contributed by atoms with Gasteiger partial charge in [0.1, 0.15) is 11.8 Å². The summed E-state index contributed by atoms with van der Waals surface area (Å²) in [5.74, 6) is -0.354. The lowest BCUT2D eigenvalue weighted by atomic mass is 9.71. The van der Waals surface area contributed by atoms with Crippen molar-refractivity contribution in [3.63, 3.8) is 0 Å². The van der Waals surface area contributed by atoms with Gasteiger partial charge in [-0.3, -0.25) is 9.59 Å². The van der Waals surface area contributed by atoms with Gasteiger partial charge in [-0.1, -0.05) is 31.4 Å². The molecule has 1 aliphatic carbocycles. The number of carbonyl (C=O) groups is 2. The van der Waals surface area contributed by atoms with Gasteiger partial charge in [0, 0.05) is 6.54 Å². The molecule has 0 heterocycles. The average Bonchev–Trinajstić information content (AvgIpc) is 2.61. The Labute approximate surface area is 148 Å². The van der Waals surface area contributed by atoms with Crippen LogP contribution in [0.25, 0.3) is 0 Å². The van der Waals surface area contributed by atoms with Crippen LogP contribution in [0, 0.1) is 5.41 Å². The molecule has 0 spiro atoms. The first-order valence-corrected chi connectivity index (χ1v) is 8.94. The second-order valence-electron chi connectivity index (χ2n) is 6.83. The van der Waals surface area contributed by atoms with Crippen molar-refractivity contribution in [1.29, 1.82) is 0 Å². The summed E-state index contributed by atoms with van der Waals surface area (Å²) in [7, 11) is 0. The van der Waals surface area contributed by atoms with Crippen LogP contribution in [0.15, 0.2) is 24.3 Å². The predicted molar refractivity (Wildman–Crippen MR) is 94.8 cm³/mol. The highest BCUT2D eigenvalue weighted by atomic mass is 16.5. The maximum Gasteiger partial charge on any atom is 0.306 e. The SMILES string of the molecule is CCOC(=O)CC1(CNC(=O)C(N)c2ccc(O)cc2)CCCCC1. The lowest BCUT2D eigenvalue weighted by Crippen LogP contribution is -2.43. The van der Waals surface area contributed by atoms with Crippen LogP contribution in [0.3, 0.4) is 0 Å². The van der Waals surface area contributed by atoms with Crippen molar-refractivity contribution in [2.24, 2.45) is 11.1 Å². The van der Waals surface area contributed by atoms with E-state index < -0.39 is 6.04 Å². The zero-order chi connectivity index (χ0) is 18.3. The van der Waals surface area contributed by atoms with Crippen LogP contribution in [0.2, 0.25) is 0 Å². The predicted octanol–water partition coefficient (Wildman–Crippen LogP) is 2.41. The molecule has 138 valence electrons. The van der Waals surface area contributed by atoms with E-state index in [9.17, 15) is 14.7 Å². The lowest BCUT2D eigenvalue weighted by molar-refractivity contribution is -0.146. The number of carbonyl (C=O) groups excluding carboxylic acids is 2. The van der Waals surface area contributed by atoms with Crippen LogP contribution in [-0.2, 0) is 14.3 Å². The molecule has 0 bridgehead atoms. The highest BCUT2D eigenvalue weighted by molar-refractivity contribution is 5.83. The van der Waals surface area contributed by atoms with Gasteiger partial charge in [0.05, 0.1) is 13.0 Å². The largest absolute Gasteiger partial charge is 0.508 e. The summed E-state index contributed by atoms with van der Waals surface area (Å²) in [6.45, 7) is 2.59. The van der Waals surface area contributed by atoms with Crippen LogP contribution in [-0.4, -0.2) is 30.1 Å². The molecule has 1 fully saturated rings. The number of phenolic OH excluding ortho intramolecular Hbond substituents is 1. The Bertz CT molecular complexity index is 580. The van der Waals surface area contributed by atoms with Crippen molar-refractivity contribution >= 4 is 11.9 Å². The van der Waals surface area contributed by atoms with E-state index in [0.29, 0.717) is 25.1 Å². The molecule has 1 unspecified atom stereocenters. The molecular weight excluding hydrogens is 320 g/mol. The topological polar surface area (TPSA) is 102 Å². The second-order valence-corrected chi connectivity index (χ2v) is 6.83. The monoisotopic (exact) mass is 348 g/mol. The molecule has 2 rings (SSSR count). The number of esters is 1. The van der Waals surface area contributed by atoms with Crippen molar-refractivity contribution in [3.05, 3.63) is 29.8 Å². The van der Waals surface area contributed by atoms with Crippen LogP contribution in [0.4, 0.5) is 0 Å². The molecule has 1 atom stereocenters. The van der Waals surface area contributed by atoms with Gasteiger partial charge in [-0.05, 0) is 42.9 Å². The lowest BCUT2D eigenvalue weighted by Gasteiger charge is -2.37. The van der Waals surface area contributed by atoms with Crippen molar-refractivity contribution < 1.29 is 19.4 Å². The smallest absolute Gasteiger partial charge is 0.306 e. The fourth-order valence-corrected chi connectivity index (χ4v) is 3.45. The van der Waals surface area contributed by atoms with Crippen molar-refractivity contribution in [2.45, 2.75) is 51.5 Å². The molecule has 1 amide bonds. The third-order valence-corrected chi connectivity index (χ3v) is 4.91. The van der Waals surface area contributed by atoms with Gasteiger partial charge in [0.25, 0.3) is 0 Å². The summed E-state index contributed by atoms with van der Waals surface area (Å²) >= 11 is 0. The molecule has 0 radical (unpaired) electrons. The van der Waals surface area contributed by atoms with Crippen LogP contribution < -0.4 is 11.1 Å². The second kappa shape index (κ2) is 8.85. The standard InChI is InChI=1S/C19H28N2O4/c1-2-25-16(23)12-19(10-4-3-5-11-19)13-21-18(24)17(20)14-6-8-15(22)9-7-14/h6-9,17,22H,2-5,10-13,20H2,1H3,(H,21,24). The number of nitrogens with two attached hydrogens (primary N) is 1. The maximum atomic E-state index is 12.4. The van der Waals surface area contributed by atoms with Crippen LogP contribution in [0.5, 0.6) is 5.75 Å². The molecule has 4 N–H and O–H groups in total. The normalized spacial score (nSPS) is 17.5. The number of nitrogens with one attached hydrogen (secondary N) is 1. The molecule has 1 aliphatic rings. The minimum absolute atomic E-state index is 0.131. The zero-order valence-electron chi connectivity index (χ0n) is 14.8. The number of benzene rings is 1. The zero-order valence-corrected chi connectivity index (χ0v) is 14.8. The Morgan fingerprint density at radius 1 is 1.24 bits per heavy atom. The van der Waals surface area contributed by atoms with Gasteiger partial charge in [0.15, 0.2) is 0 Å². The number of rotatable bonds is 7. The average molecular weight is 348 g/mol. The molecule has 1 aromatic rings. The highest BCUT2D eigenvalue weighted by Gasteiger charge is 2.35. The van der Waals surface area contributed by atoms with Gasteiger partial charge in [-0.25, -0.2) is 0 Å². The molecule has 25 heavy (non-hydrogen) atoms. The van der Waals surface area contributed by atoms with E-state index >= 15 is 0 Å². The Balaban J connectivity index is 1.97. The van der Waals surface area contributed by atoms with Crippen LogP contribution in [0.1, 0.15) is 57.1 Å². The van der Waals surface area contributed by atoms with Gasteiger partial charge in [-0.2, -0.15) is 0 Å². The fourth-order valence-electron chi connectivity index (χ4n) is 3.45. The minimum atomic E-state index is -0.802. The first-order chi connectivity index (χ1) is 12.0. The van der Waals surface area contributed by atoms with E-state index in [0.717, 1.165) is 32.1 Å². The van der Waals surface area contributed by atoms with Gasteiger partial charge in [-0.15, -0.1) is 0 Å². The van der Waals surface area contributed by atoms with Gasteiger partial charge < -0.3 is 20.9 Å². The molecule has 6 heteroatoms. The van der Waals surface area contributed by atoms with E-state index in [4.69, 9.17) is 10.5 Å². The van der Waals surface area contributed by atoms with Gasteiger partial charge >= 0.3 is 5.97 Å². The Kier molecular flexibility index (Phi) is 6.82. The van der Waals surface area contributed by atoms with Gasteiger partial charge in [0.2, 0.25) is 5.91 Å². The Hall–Kier alpha value is -2.08. The minimum Gasteiger partial charge on any atom is -0.508 e.